The van der Waals surface area contributed by atoms with Gasteiger partial charge in [0.25, 0.3) is 0 Å². The van der Waals surface area contributed by atoms with Crippen LogP contribution in [0.5, 0.6) is 5.75 Å². The van der Waals surface area contributed by atoms with E-state index in [-0.39, 0.29) is 6.04 Å². The highest BCUT2D eigenvalue weighted by molar-refractivity contribution is 5.84. The van der Waals surface area contributed by atoms with E-state index in [1.165, 1.54) is 6.42 Å². The summed E-state index contributed by atoms with van der Waals surface area (Å²) in [5, 5.41) is 63.9. The van der Waals surface area contributed by atoms with Crippen LogP contribution >= 0.6 is 0 Å². The quantitative estimate of drug-likeness (QED) is 0.215. The SMILES string of the molecule is C=CC1CN2CCC1CC2C(O)c1ccnc2ccc(OC)cc12.O=C(O)[C@H](O)[C@@H](O)[C@H](O)[C@H](O)CO. The van der Waals surface area contributed by atoms with Gasteiger partial charge in [-0.3, -0.25) is 9.88 Å². The lowest BCUT2D eigenvalue weighted by molar-refractivity contribution is -0.164. The van der Waals surface area contributed by atoms with E-state index in [0.29, 0.717) is 11.8 Å². The van der Waals surface area contributed by atoms with Gasteiger partial charge in [0.15, 0.2) is 6.10 Å². The van der Waals surface area contributed by atoms with E-state index >= 15 is 0 Å². The molecule has 1 aromatic heterocycles. The Labute approximate surface area is 214 Å². The summed E-state index contributed by atoms with van der Waals surface area (Å²) in [5.74, 6) is 0.282. The van der Waals surface area contributed by atoms with Gasteiger partial charge in [0, 0.05) is 24.2 Å². The average Bonchev–Trinajstić information content (AvgIpc) is 2.94. The molecule has 37 heavy (non-hydrogen) atoms. The number of aliphatic hydroxyl groups excluding tert-OH is 6. The maximum Gasteiger partial charge on any atom is 0.335 e. The predicted octanol–water partition coefficient (Wildman–Crippen LogP) is -0.320. The fourth-order valence-electron chi connectivity index (χ4n) is 5.11. The zero-order valence-electron chi connectivity index (χ0n) is 20.7. The van der Waals surface area contributed by atoms with Gasteiger partial charge in [-0.05, 0) is 61.1 Å². The molecule has 9 atom stereocenters. The summed E-state index contributed by atoms with van der Waals surface area (Å²) < 4.78 is 5.35. The molecule has 0 radical (unpaired) electrons. The standard InChI is InChI=1S/C20H24N2O2.C6H12O7/c1-3-13-12-22-9-7-14(13)10-19(22)20(23)16-6-8-21-18-5-4-15(24-2)11-17(16)18;7-1-2(8)3(9)4(10)5(11)6(12)13/h3-6,8,11,13-14,19-20,23H,1,7,9-10,12H2,2H3;2-5,7-11H,1H2,(H,12,13)/t;2-,3-,4+,5-/m.1/s1. The Morgan fingerprint density at radius 3 is 2.51 bits per heavy atom. The highest BCUT2D eigenvalue weighted by atomic mass is 16.5. The van der Waals surface area contributed by atoms with Gasteiger partial charge < -0.3 is 40.5 Å². The third-order valence-electron chi connectivity index (χ3n) is 7.33. The lowest BCUT2D eigenvalue weighted by Gasteiger charge is -2.50. The Hall–Kier alpha value is -2.64. The number of carboxylic acids is 1. The lowest BCUT2D eigenvalue weighted by atomic mass is 9.73. The fraction of sp³-hybridized carbons (Fsp3) is 0.538. The molecule has 5 unspecified atom stereocenters. The molecule has 1 aromatic carbocycles. The molecule has 7 N–H and O–H groups in total. The number of hydrogen-bond acceptors (Lipinski definition) is 10. The highest BCUT2D eigenvalue weighted by Crippen LogP contribution is 2.42. The number of aliphatic hydroxyl groups is 6. The van der Waals surface area contributed by atoms with Crippen molar-refractivity contribution in [2.45, 2.75) is 49.4 Å². The first-order valence-corrected chi connectivity index (χ1v) is 12.2. The van der Waals surface area contributed by atoms with Crippen LogP contribution in [0.3, 0.4) is 0 Å². The van der Waals surface area contributed by atoms with Crippen LogP contribution in [0.15, 0.2) is 43.1 Å². The van der Waals surface area contributed by atoms with Crippen LogP contribution in [0.1, 0.15) is 24.5 Å². The fourth-order valence-corrected chi connectivity index (χ4v) is 5.11. The molecule has 204 valence electrons. The minimum absolute atomic E-state index is 0.178. The smallest absolute Gasteiger partial charge is 0.335 e. The van der Waals surface area contributed by atoms with Crippen molar-refractivity contribution in [1.29, 1.82) is 0 Å². The number of ether oxygens (including phenoxy) is 1. The molecule has 5 rings (SSSR count). The molecule has 11 heteroatoms. The van der Waals surface area contributed by atoms with Crippen LogP contribution in [-0.2, 0) is 4.79 Å². The normalized spacial score (nSPS) is 26.8. The zero-order chi connectivity index (χ0) is 27.3. The molecule has 0 saturated carbocycles. The van der Waals surface area contributed by atoms with Gasteiger partial charge in [-0.1, -0.05) is 6.08 Å². The molecule has 2 aromatic rings. The Kier molecular flexibility index (Phi) is 9.96. The zero-order valence-corrected chi connectivity index (χ0v) is 20.7. The number of aromatic nitrogens is 1. The number of fused-ring (bicyclic) bond motifs is 4. The van der Waals surface area contributed by atoms with Crippen LogP contribution < -0.4 is 4.74 Å². The first-order chi connectivity index (χ1) is 17.6. The summed E-state index contributed by atoms with van der Waals surface area (Å²) >= 11 is 0. The van der Waals surface area contributed by atoms with Crippen molar-refractivity contribution in [2.24, 2.45) is 11.8 Å². The number of rotatable bonds is 9. The van der Waals surface area contributed by atoms with Gasteiger partial charge in [0.1, 0.15) is 24.1 Å². The summed E-state index contributed by atoms with van der Waals surface area (Å²) in [4.78, 5) is 16.9. The van der Waals surface area contributed by atoms with Crippen molar-refractivity contribution in [3.63, 3.8) is 0 Å². The summed E-state index contributed by atoms with van der Waals surface area (Å²) in [6.07, 6.45) is -2.22. The van der Waals surface area contributed by atoms with E-state index in [1.54, 1.807) is 13.3 Å². The highest BCUT2D eigenvalue weighted by Gasteiger charge is 2.42. The van der Waals surface area contributed by atoms with Crippen molar-refractivity contribution in [3.8, 4) is 5.75 Å². The summed E-state index contributed by atoms with van der Waals surface area (Å²) in [6, 6.07) is 7.96. The molecule has 3 aliphatic rings. The monoisotopic (exact) mass is 520 g/mol. The van der Waals surface area contributed by atoms with Gasteiger partial charge in [-0.25, -0.2) is 4.79 Å². The van der Waals surface area contributed by atoms with Gasteiger partial charge >= 0.3 is 5.97 Å². The molecule has 11 nitrogen and oxygen atoms in total. The Morgan fingerprint density at radius 1 is 1.22 bits per heavy atom. The van der Waals surface area contributed by atoms with E-state index < -0.39 is 43.1 Å². The number of carbonyl (C=O) groups is 1. The number of aliphatic carboxylic acids is 1. The summed E-state index contributed by atoms with van der Waals surface area (Å²) in [7, 11) is 1.66. The van der Waals surface area contributed by atoms with Crippen LogP contribution in [-0.4, -0.2) is 109 Å². The van der Waals surface area contributed by atoms with E-state index in [4.69, 9.17) is 35.4 Å². The Balaban J connectivity index is 0.000000251. The van der Waals surface area contributed by atoms with Crippen molar-refractivity contribution >= 4 is 16.9 Å². The summed E-state index contributed by atoms with van der Waals surface area (Å²) in [6.45, 7) is 5.23. The molecular formula is C26H36N2O9. The van der Waals surface area contributed by atoms with Gasteiger partial charge in [0.05, 0.1) is 25.3 Å². The molecule has 2 bridgehead atoms. The molecule has 0 aliphatic carbocycles. The molecule has 3 fully saturated rings. The maximum atomic E-state index is 11.2. The number of piperidine rings is 3. The number of hydrogen-bond donors (Lipinski definition) is 7. The second-order valence-corrected chi connectivity index (χ2v) is 9.49. The second kappa shape index (κ2) is 12.7. The van der Waals surface area contributed by atoms with Crippen LogP contribution in [0.2, 0.25) is 0 Å². The van der Waals surface area contributed by atoms with Crippen LogP contribution in [0.4, 0.5) is 0 Å². The molecule has 4 heterocycles. The van der Waals surface area contributed by atoms with E-state index in [0.717, 1.165) is 41.7 Å². The van der Waals surface area contributed by atoms with Gasteiger partial charge in [-0.2, -0.15) is 0 Å². The Morgan fingerprint density at radius 2 is 1.95 bits per heavy atom. The van der Waals surface area contributed by atoms with Crippen LogP contribution in [0.25, 0.3) is 10.9 Å². The molecule has 0 spiro atoms. The maximum absolute atomic E-state index is 11.2. The summed E-state index contributed by atoms with van der Waals surface area (Å²) in [5.41, 5.74) is 1.85. The number of carboxylic acid groups (broad SMARTS) is 1. The first-order valence-electron chi connectivity index (χ1n) is 12.2. The van der Waals surface area contributed by atoms with Crippen molar-refractivity contribution in [3.05, 3.63) is 48.7 Å². The lowest BCUT2D eigenvalue weighted by Crippen LogP contribution is -2.54. The van der Waals surface area contributed by atoms with E-state index in [9.17, 15) is 9.90 Å². The first kappa shape index (κ1) is 28.9. The van der Waals surface area contributed by atoms with Gasteiger partial charge in [0.2, 0.25) is 0 Å². The van der Waals surface area contributed by atoms with E-state index in [2.05, 4.69) is 22.5 Å². The topological polar surface area (TPSA) is 184 Å². The minimum Gasteiger partial charge on any atom is -0.497 e. The van der Waals surface area contributed by atoms with Crippen molar-refractivity contribution < 1.29 is 45.3 Å². The number of benzene rings is 1. The number of pyridine rings is 1. The molecule has 3 aliphatic heterocycles. The largest absolute Gasteiger partial charge is 0.497 e. The molecule has 0 amide bonds. The molecular weight excluding hydrogens is 484 g/mol. The Bertz CT molecular complexity index is 1070. The predicted molar refractivity (Wildman–Crippen MR) is 134 cm³/mol. The average molecular weight is 521 g/mol. The number of methoxy groups -OCH3 is 1. The molecule has 3 saturated heterocycles. The second-order valence-electron chi connectivity index (χ2n) is 9.49. The third kappa shape index (κ3) is 6.44. The van der Waals surface area contributed by atoms with Crippen molar-refractivity contribution in [2.75, 3.05) is 26.8 Å². The van der Waals surface area contributed by atoms with E-state index in [1.807, 2.05) is 24.3 Å². The van der Waals surface area contributed by atoms with Crippen molar-refractivity contribution in [1.82, 2.24) is 9.88 Å². The van der Waals surface area contributed by atoms with Gasteiger partial charge in [-0.15, -0.1) is 6.58 Å². The minimum atomic E-state index is -2.20. The number of nitrogens with zero attached hydrogens (tertiary/aromatic N) is 2. The van der Waals surface area contributed by atoms with Crippen LogP contribution in [0, 0.1) is 11.8 Å². The third-order valence-corrected chi connectivity index (χ3v) is 7.33.